The zero-order valence-electron chi connectivity index (χ0n) is 47.1. The lowest BCUT2D eigenvalue weighted by atomic mass is 10.0. The fourth-order valence-electron chi connectivity index (χ4n) is 13.5. The Kier molecular flexibility index (Phi) is 10.8. The van der Waals surface area contributed by atoms with Gasteiger partial charge in [-0.2, -0.15) is 0 Å². The highest BCUT2D eigenvalue weighted by molar-refractivity contribution is 6.16. The van der Waals surface area contributed by atoms with Gasteiger partial charge in [0.05, 0.1) is 44.1 Å². The molecule has 16 aromatic rings. The lowest BCUT2D eigenvalue weighted by molar-refractivity contribution is 0.960. The SMILES string of the molecule is Cc1ccc2c(c1)c1cc(C)ccc1n2-c1nc(-n2c3ccccc3c3cc(N(c4ccccc4)c4ccccc4)ccc32)c(-n2c3ccc(C)cc3c3cc(C)ccc32)c(-c2ccncc2)c1-n1c2ccc(C)cc2c2cc(C)ccc21. The highest BCUT2D eigenvalue weighted by atomic mass is 15.2. The van der Waals surface area contributed by atoms with Gasteiger partial charge in [-0.05, 0) is 181 Å². The summed E-state index contributed by atoms with van der Waals surface area (Å²) in [4.78, 5) is 13.6. The Morgan fingerprint density at radius 2 is 0.602 bits per heavy atom. The van der Waals surface area contributed by atoms with E-state index in [1.54, 1.807) is 0 Å². The van der Waals surface area contributed by atoms with E-state index in [0.717, 1.165) is 106 Å². The molecule has 0 unspecified atom stereocenters. The molecule has 0 amide bonds. The number of hydrogen-bond acceptors (Lipinski definition) is 3. The van der Waals surface area contributed by atoms with Gasteiger partial charge in [0.2, 0.25) is 0 Å². The standard InChI is InChI=1S/C76H57N7/c1-46-21-28-65-57(39-46)58-40-47(2)22-29-66(58)80(65)73-72(52-35-37-77-38-36-52)74(81-67-30-23-48(3)41-59(67)60-42-49(4)24-31-68(60)81)76(83-69-32-25-50(5)43-61(69)62-44-51(6)26-33-70(62)83)78-75(73)82-64-20-14-13-19-56(64)63-45-55(27-34-71(63)82)79(53-15-9-7-10-16-53)54-17-11-8-12-18-54/h7-45H,1-6H3. The second-order valence-corrected chi connectivity index (χ2v) is 22.8. The van der Waals surface area contributed by atoms with Crippen LogP contribution in [0.5, 0.6) is 0 Å². The summed E-state index contributed by atoms with van der Waals surface area (Å²) in [6, 6.07) is 83.1. The maximum absolute atomic E-state index is 6.51. The Bertz CT molecular complexity index is 5110. The van der Waals surface area contributed by atoms with Gasteiger partial charge >= 0.3 is 0 Å². The van der Waals surface area contributed by atoms with Crippen LogP contribution < -0.4 is 4.90 Å². The van der Waals surface area contributed by atoms with Crippen molar-refractivity contribution in [2.75, 3.05) is 4.90 Å². The second kappa shape index (κ2) is 18.5. The average Bonchev–Trinajstić information content (AvgIpc) is 2.89. The summed E-state index contributed by atoms with van der Waals surface area (Å²) < 4.78 is 9.96. The molecule has 0 saturated heterocycles. The highest BCUT2D eigenvalue weighted by Crippen LogP contribution is 2.50. The topological polar surface area (TPSA) is 48.7 Å². The quantitative estimate of drug-likeness (QED) is 0.152. The molecule has 6 aromatic heterocycles. The first-order valence-corrected chi connectivity index (χ1v) is 28.6. The van der Waals surface area contributed by atoms with Crippen LogP contribution in [0, 0.1) is 41.5 Å². The van der Waals surface area contributed by atoms with Crippen LogP contribution in [-0.2, 0) is 0 Å². The Morgan fingerprint density at radius 1 is 0.277 bits per heavy atom. The number of benzene rings is 10. The molecule has 0 spiro atoms. The van der Waals surface area contributed by atoms with Gasteiger partial charge in [0.1, 0.15) is 11.4 Å². The van der Waals surface area contributed by atoms with Crippen LogP contribution in [0.2, 0.25) is 0 Å². The number of para-hydroxylation sites is 3. The third kappa shape index (κ3) is 7.44. The minimum Gasteiger partial charge on any atom is -0.310 e. The molecule has 0 N–H and O–H groups in total. The van der Waals surface area contributed by atoms with Crippen molar-refractivity contribution in [2.45, 2.75) is 41.5 Å². The van der Waals surface area contributed by atoms with Crippen LogP contribution in [-0.4, -0.2) is 28.2 Å². The number of hydrogen-bond donors (Lipinski definition) is 0. The van der Waals surface area contributed by atoms with Crippen molar-refractivity contribution in [3.63, 3.8) is 0 Å². The molecule has 0 fully saturated rings. The molecule has 0 aliphatic heterocycles. The molecule has 0 aliphatic rings. The highest BCUT2D eigenvalue weighted by Gasteiger charge is 2.33. The fourth-order valence-corrected chi connectivity index (χ4v) is 13.5. The molecule has 0 radical (unpaired) electrons. The number of pyridine rings is 2. The molecular formula is C76H57N7. The zero-order chi connectivity index (χ0) is 55.8. The minimum atomic E-state index is 0.791. The molecule has 7 heteroatoms. The molecule has 83 heavy (non-hydrogen) atoms. The monoisotopic (exact) mass is 1070 g/mol. The van der Waals surface area contributed by atoms with Crippen molar-refractivity contribution in [3.05, 3.63) is 270 Å². The molecule has 0 aliphatic carbocycles. The van der Waals surface area contributed by atoms with E-state index in [1.165, 1.54) is 65.7 Å². The molecule has 6 heterocycles. The van der Waals surface area contributed by atoms with Gasteiger partial charge in [0, 0.05) is 78.1 Å². The number of rotatable bonds is 8. The summed E-state index contributed by atoms with van der Waals surface area (Å²) in [5.41, 5.74) is 23.0. The first-order chi connectivity index (χ1) is 40.6. The Morgan fingerprint density at radius 3 is 1.00 bits per heavy atom. The number of fused-ring (bicyclic) bond motifs is 12. The van der Waals surface area contributed by atoms with Gasteiger partial charge in [-0.1, -0.05) is 124 Å². The number of anilines is 3. The molecule has 396 valence electrons. The van der Waals surface area contributed by atoms with Crippen molar-refractivity contribution in [3.8, 4) is 34.1 Å². The number of aryl methyl sites for hydroxylation is 6. The molecule has 7 nitrogen and oxygen atoms in total. The predicted molar refractivity (Wildman–Crippen MR) is 348 cm³/mol. The van der Waals surface area contributed by atoms with E-state index in [-0.39, 0.29) is 0 Å². The molecule has 10 aromatic carbocycles. The van der Waals surface area contributed by atoms with Gasteiger partial charge in [-0.15, -0.1) is 0 Å². The average molecular weight is 1070 g/mol. The summed E-state index contributed by atoms with van der Waals surface area (Å²) in [7, 11) is 0. The maximum Gasteiger partial charge on any atom is 0.165 e. The van der Waals surface area contributed by atoms with E-state index in [1.807, 2.05) is 12.4 Å². The van der Waals surface area contributed by atoms with Gasteiger partial charge in [0.15, 0.2) is 11.6 Å². The van der Waals surface area contributed by atoms with Crippen LogP contribution in [0.4, 0.5) is 17.1 Å². The predicted octanol–water partition coefficient (Wildman–Crippen LogP) is 19.9. The van der Waals surface area contributed by atoms with Crippen LogP contribution in [0.3, 0.4) is 0 Å². The van der Waals surface area contributed by atoms with Crippen molar-refractivity contribution in [1.29, 1.82) is 0 Å². The summed E-state index contributed by atoms with van der Waals surface area (Å²) in [6.07, 6.45) is 3.89. The van der Waals surface area contributed by atoms with Crippen molar-refractivity contribution in [1.82, 2.24) is 28.2 Å². The normalized spacial score (nSPS) is 12.0. The third-order valence-electron chi connectivity index (χ3n) is 17.1. The van der Waals surface area contributed by atoms with Gasteiger partial charge in [-0.25, -0.2) is 4.98 Å². The van der Waals surface area contributed by atoms with E-state index in [4.69, 9.17) is 9.97 Å². The van der Waals surface area contributed by atoms with E-state index >= 15 is 0 Å². The Balaban J connectivity index is 1.17. The van der Waals surface area contributed by atoms with E-state index in [9.17, 15) is 0 Å². The van der Waals surface area contributed by atoms with E-state index in [2.05, 4.69) is 289 Å². The lowest BCUT2D eigenvalue weighted by Crippen LogP contribution is -2.16. The molecule has 0 bridgehead atoms. The third-order valence-corrected chi connectivity index (χ3v) is 17.1. The van der Waals surface area contributed by atoms with Crippen LogP contribution in [0.1, 0.15) is 33.4 Å². The molecule has 0 saturated carbocycles. The summed E-state index contributed by atoms with van der Waals surface area (Å²) in [5, 5.41) is 9.35. The van der Waals surface area contributed by atoms with E-state index in [0.29, 0.717) is 0 Å². The van der Waals surface area contributed by atoms with Crippen molar-refractivity contribution < 1.29 is 0 Å². The molecular weight excluding hydrogens is 1010 g/mol. The first kappa shape index (κ1) is 48.4. The number of nitrogens with zero attached hydrogens (tertiary/aromatic N) is 7. The second-order valence-electron chi connectivity index (χ2n) is 22.8. The number of aromatic nitrogens is 6. The molecule has 0 atom stereocenters. The van der Waals surface area contributed by atoms with Gasteiger partial charge in [0.25, 0.3) is 0 Å². The summed E-state index contributed by atoms with van der Waals surface area (Å²) in [5.74, 6) is 1.59. The van der Waals surface area contributed by atoms with Gasteiger partial charge < -0.3 is 14.0 Å². The van der Waals surface area contributed by atoms with Crippen LogP contribution in [0.15, 0.2) is 237 Å². The zero-order valence-corrected chi connectivity index (χ0v) is 47.1. The Labute approximate surface area is 480 Å². The smallest absolute Gasteiger partial charge is 0.165 e. The maximum atomic E-state index is 6.51. The van der Waals surface area contributed by atoms with Crippen LogP contribution >= 0.6 is 0 Å². The van der Waals surface area contributed by atoms with Crippen molar-refractivity contribution in [2.24, 2.45) is 0 Å². The summed E-state index contributed by atoms with van der Waals surface area (Å²) >= 11 is 0. The minimum absolute atomic E-state index is 0.791. The lowest BCUT2D eigenvalue weighted by Gasteiger charge is -2.27. The van der Waals surface area contributed by atoms with Crippen molar-refractivity contribution >= 4 is 104 Å². The molecule has 16 rings (SSSR count). The van der Waals surface area contributed by atoms with E-state index < -0.39 is 0 Å². The largest absolute Gasteiger partial charge is 0.310 e. The van der Waals surface area contributed by atoms with Crippen LogP contribution in [0.25, 0.3) is 121 Å². The fraction of sp³-hybridized carbons (Fsp3) is 0.0789. The van der Waals surface area contributed by atoms with Gasteiger partial charge in [-0.3, -0.25) is 14.1 Å². The Hall–Kier alpha value is -10.5. The first-order valence-electron chi connectivity index (χ1n) is 28.6. The summed E-state index contributed by atoms with van der Waals surface area (Å²) in [6.45, 7) is 13.2.